The number of hydrogen-bond donors (Lipinski definition) is 1. The summed E-state index contributed by atoms with van der Waals surface area (Å²) < 4.78 is 38.2. The average molecular weight is 400 g/mol. The average Bonchev–Trinajstić information content (AvgIpc) is 3.12. The van der Waals surface area contributed by atoms with Crippen molar-refractivity contribution in [3.8, 4) is 10.4 Å². The molecular weight excluding hydrogens is 385 g/mol. The van der Waals surface area contributed by atoms with Gasteiger partial charge in [0.05, 0.1) is 16.7 Å². The van der Waals surface area contributed by atoms with Crippen LogP contribution in [0.1, 0.15) is 31.9 Å². The summed E-state index contributed by atoms with van der Waals surface area (Å²) in [5.74, 6) is -0.375. The van der Waals surface area contributed by atoms with Gasteiger partial charge in [-0.05, 0) is 53.3 Å². The lowest BCUT2D eigenvalue weighted by Gasteiger charge is -2.15. The summed E-state index contributed by atoms with van der Waals surface area (Å²) in [4.78, 5) is 14.0. The first kappa shape index (κ1) is 18.4. The van der Waals surface area contributed by atoms with E-state index in [0.29, 0.717) is 4.88 Å². The van der Waals surface area contributed by atoms with E-state index in [1.165, 1.54) is 35.2 Å². The number of hydrogen-bond acceptors (Lipinski definition) is 3. The predicted molar refractivity (Wildman–Crippen MR) is 104 cm³/mol. The summed E-state index contributed by atoms with van der Waals surface area (Å²) in [7, 11) is 0. The van der Waals surface area contributed by atoms with E-state index in [2.05, 4.69) is 22.7 Å². The highest BCUT2D eigenvalue weighted by Crippen LogP contribution is 2.39. The van der Waals surface area contributed by atoms with Gasteiger partial charge in [-0.25, -0.2) is 5.43 Å². The number of amides is 1. The normalized spacial score (nSPS) is 13.2. The number of carbonyl (C=O) groups is 1. The number of rotatable bonds is 3. The standard InChI is InChI=1S/C21H15F3N2OS/c22-21(23,24)16-6-3-4-13(10-16)12-25-26-20(27)18-11-15-9-8-14-5-1-2-7-17(14)19(15)28-18/h1-7,10-12H,8-9H2,(H,26,27). The molecule has 0 fully saturated rings. The van der Waals surface area contributed by atoms with E-state index in [1.54, 1.807) is 0 Å². The summed E-state index contributed by atoms with van der Waals surface area (Å²) >= 11 is 1.40. The number of alkyl halides is 3. The number of hydrazone groups is 1. The Bertz CT molecular complexity index is 1070. The van der Waals surface area contributed by atoms with Crippen molar-refractivity contribution in [1.29, 1.82) is 0 Å². The molecule has 0 radical (unpaired) electrons. The Hall–Kier alpha value is -2.93. The number of benzene rings is 2. The van der Waals surface area contributed by atoms with Gasteiger partial charge in [-0.1, -0.05) is 36.4 Å². The van der Waals surface area contributed by atoms with Crippen LogP contribution in [0.3, 0.4) is 0 Å². The van der Waals surface area contributed by atoms with Crippen LogP contribution in [-0.4, -0.2) is 12.1 Å². The molecule has 142 valence electrons. The quantitative estimate of drug-likeness (QED) is 0.471. The van der Waals surface area contributed by atoms with Gasteiger partial charge in [0.2, 0.25) is 0 Å². The fourth-order valence-corrected chi connectivity index (χ4v) is 4.36. The molecule has 1 amide bonds. The Labute approximate surface area is 163 Å². The molecule has 0 spiro atoms. The molecule has 1 aliphatic carbocycles. The van der Waals surface area contributed by atoms with Crippen LogP contribution in [0.15, 0.2) is 59.7 Å². The minimum absolute atomic E-state index is 0.259. The molecule has 0 saturated carbocycles. The lowest BCUT2D eigenvalue weighted by molar-refractivity contribution is -0.137. The van der Waals surface area contributed by atoms with Crippen LogP contribution in [0.4, 0.5) is 13.2 Å². The second kappa shape index (κ2) is 7.24. The van der Waals surface area contributed by atoms with Crippen LogP contribution < -0.4 is 5.43 Å². The number of nitrogens with zero attached hydrogens (tertiary/aromatic N) is 1. The van der Waals surface area contributed by atoms with Gasteiger partial charge in [0.1, 0.15) is 0 Å². The topological polar surface area (TPSA) is 41.5 Å². The van der Waals surface area contributed by atoms with E-state index in [1.807, 2.05) is 18.2 Å². The molecule has 4 rings (SSSR count). The Morgan fingerprint density at radius 3 is 2.64 bits per heavy atom. The Morgan fingerprint density at radius 1 is 1.04 bits per heavy atom. The van der Waals surface area contributed by atoms with Gasteiger partial charge in [-0.3, -0.25) is 4.79 Å². The monoisotopic (exact) mass is 400 g/mol. The van der Waals surface area contributed by atoms with E-state index < -0.39 is 11.7 Å². The van der Waals surface area contributed by atoms with Gasteiger partial charge in [0, 0.05) is 4.88 Å². The predicted octanol–water partition coefficient (Wildman–Crippen LogP) is 5.30. The first-order valence-corrected chi connectivity index (χ1v) is 9.45. The van der Waals surface area contributed by atoms with E-state index in [-0.39, 0.29) is 11.5 Å². The lowest BCUT2D eigenvalue weighted by Crippen LogP contribution is -2.16. The zero-order valence-corrected chi connectivity index (χ0v) is 15.4. The van der Waals surface area contributed by atoms with Crippen LogP contribution in [0, 0.1) is 0 Å². The molecular formula is C21H15F3N2OS. The largest absolute Gasteiger partial charge is 0.416 e. The molecule has 1 heterocycles. The van der Waals surface area contributed by atoms with Crippen LogP contribution in [0.5, 0.6) is 0 Å². The first-order chi connectivity index (χ1) is 13.4. The highest BCUT2D eigenvalue weighted by Gasteiger charge is 2.30. The van der Waals surface area contributed by atoms with Gasteiger partial charge in [-0.15, -0.1) is 11.3 Å². The van der Waals surface area contributed by atoms with E-state index in [0.717, 1.165) is 41.0 Å². The molecule has 3 aromatic rings. The number of aryl methyl sites for hydroxylation is 2. The molecule has 0 saturated heterocycles. The van der Waals surface area contributed by atoms with E-state index in [9.17, 15) is 18.0 Å². The van der Waals surface area contributed by atoms with Crippen molar-refractivity contribution in [3.63, 3.8) is 0 Å². The summed E-state index contributed by atoms with van der Waals surface area (Å²) in [5, 5.41) is 3.81. The molecule has 1 aliphatic rings. The molecule has 0 atom stereocenters. The molecule has 3 nitrogen and oxygen atoms in total. The van der Waals surface area contributed by atoms with Crippen LogP contribution >= 0.6 is 11.3 Å². The van der Waals surface area contributed by atoms with Crippen molar-refractivity contribution in [2.75, 3.05) is 0 Å². The van der Waals surface area contributed by atoms with E-state index in [4.69, 9.17) is 0 Å². The maximum atomic E-state index is 12.7. The van der Waals surface area contributed by atoms with E-state index >= 15 is 0 Å². The van der Waals surface area contributed by atoms with Crippen LogP contribution in [0.25, 0.3) is 10.4 Å². The van der Waals surface area contributed by atoms with Crippen molar-refractivity contribution in [1.82, 2.24) is 5.43 Å². The molecule has 0 bridgehead atoms. The molecule has 2 aromatic carbocycles. The highest BCUT2D eigenvalue weighted by atomic mass is 32.1. The number of carbonyl (C=O) groups excluding carboxylic acids is 1. The number of nitrogens with one attached hydrogen (secondary N) is 1. The van der Waals surface area contributed by atoms with Gasteiger partial charge in [0.15, 0.2) is 0 Å². The van der Waals surface area contributed by atoms with Crippen molar-refractivity contribution in [2.24, 2.45) is 5.10 Å². The van der Waals surface area contributed by atoms with Gasteiger partial charge < -0.3 is 0 Å². The van der Waals surface area contributed by atoms with Crippen molar-refractivity contribution in [3.05, 3.63) is 81.7 Å². The minimum atomic E-state index is -4.42. The maximum absolute atomic E-state index is 12.7. The molecule has 0 aliphatic heterocycles. The summed E-state index contributed by atoms with van der Waals surface area (Å²) in [6, 6.07) is 14.8. The molecule has 0 unspecified atom stereocenters. The third-order valence-electron chi connectivity index (χ3n) is 4.55. The number of halogens is 3. The summed E-state index contributed by atoms with van der Waals surface area (Å²) in [5.41, 5.74) is 5.46. The fraction of sp³-hybridized carbons (Fsp3) is 0.143. The van der Waals surface area contributed by atoms with Crippen molar-refractivity contribution in [2.45, 2.75) is 19.0 Å². The molecule has 28 heavy (non-hydrogen) atoms. The van der Waals surface area contributed by atoms with Gasteiger partial charge in [-0.2, -0.15) is 18.3 Å². The van der Waals surface area contributed by atoms with Gasteiger partial charge >= 0.3 is 6.18 Å². The third kappa shape index (κ3) is 3.71. The zero-order chi connectivity index (χ0) is 19.7. The lowest BCUT2D eigenvalue weighted by atomic mass is 9.91. The maximum Gasteiger partial charge on any atom is 0.416 e. The minimum Gasteiger partial charge on any atom is -0.266 e. The SMILES string of the molecule is O=C(NN=Cc1cccc(C(F)(F)F)c1)c1cc2c(s1)-c1ccccc1CC2. The van der Waals surface area contributed by atoms with Crippen LogP contribution in [0.2, 0.25) is 0 Å². The Morgan fingerprint density at radius 2 is 1.82 bits per heavy atom. The smallest absolute Gasteiger partial charge is 0.266 e. The molecule has 1 aromatic heterocycles. The first-order valence-electron chi connectivity index (χ1n) is 8.63. The second-order valence-corrected chi connectivity index (χ2v) is 7.50. The highest BCUT2D eigenvalue weighted by molar-refractivity contribution is 7.17. The van der Waals surface area contributed by atoms with Crippen molar-refractivity contribution >= 4 is 23.5 Å². The number of thiophene rings is 1. The van der Waals surface area contributed by atoms with Crippen molar-refractivity contribution < 1.29 is 18.0 Å². The third-order valence-corrected chi connectivity index (χ3v) is 5.76. The van der Waals surface area contributed by atoms with Gasteiger partial charge in [0.25, 0.3) is 5.91 Å². The Kier molecular flexibility index (Phi) is 4.77. The fourth-order valence-electron chi connectivity index (χ4n) is 3.20. The van der Waals surface area contributed by atoms with Crippen LogP contribution in [-0.2, 0) is 19.0 Å². The number of fused-ring (bicyclic) bond motifs is 3. The molecule has 1 N–H and O–H groups in total. The summed E-state index contributed by atoms with van der Waals surface area (Å²) in [6.07, 6.45) is -1.40. The summed E-state index contributed by atoms with van der Waals surface area (Å²) in [6.45, 7) is 0. The Balaban J connectivity index is 1.49. The second-order valence-electron chi connectivity index (χ2n) is 6.44. The molecule has 7 heteroatoms. The zero-order valence-electron chi connectivity index (χ0n) is 14.6.